The van der Waals surface area contributed by atoms with Crippen LogP contribution in [0.4, 0.5) is 15.8 Å². The van der Waals surface area contributed by atoms with Crippen molar-refractivity contribution < 1.29 is 18.9 Å². The number of pyridine rings is 1. The Bertz CT molecular complexity index is 1130. The lowest BCUT2D eigenvalue weighted by atomic mass is 10.1. The summed E-state index contributed by atoms with van der Waals surface area (Å²) in [6.07, 6.45) is 4.59. The van der Waals surface area contributed by atoms with Gasteiger partial charge in [-0.15, -0.1) is 0 Å². The first-order valence-corrected chi connectivity index (χ1v) is 9.13. The molecule has 2 N–H and O–H groups in total. The summed E-state index contributed by atoms with van der Waals surface area (Å²) < 4.78 is 13.4. The highest BCUT2D eigenvalue weighted by Crippen LogP contribution is 2.25. The highest BCUT2D eigenvalue weighted by molar-refractivity contribution is 6.05. The smallest absolute Gasteiger partial charge is 0.292 e. The van der Waals surface area contributed by atoms with Crippen LogP contribution in [0.3, 0.4) is 0 Å². The zero-order valence-corrected chi connectivity index (χ0v) is 16.1. The molecule has 31 heavy (non-hydrogen) atoms. The van der Waals surface area contributed by atoms with Gasteiger partial charge < -0.3 is 10.6 Å². The molecule has 156 valence electrons. The number of nitro groups is 1. The van der Waals surface area contributed by atoms with Gasteiger partial charge in [0.15, 0.2) is 0 Å². The first kappa shape index (κ1) is 21.3. The van der Waals surface area contributed by atoms with E-state index in [1.165, 1.54) is 18.2 Å². The third-order valence-electron chi connectivity index (χ3n) is 4.18. The van der Waals surface area contributed by atoms with Crippen LogP contribution in [-0.2, 0) is 11.3 Å². The van der Waals surface area contributed by atoms with Crippen molar-refractivity contribution in [1.29, 1.82) is 0 Å². The molecule has 9 heteroatoms. The second-order valence-electron chi connectivity index (χ2n) is 6.38. The summed E-state index contributed by atoms with van der Waals surface area (Å²) in [6, 6.07) is 14.5. The van der Waals surface area contributed by atoms with E-state index in [0.29, 0.717) is 5.69 Å². The van der Waals surface area contributed by atoms with Crippen molar-refractivity contribution in [2.24, 2.45) is 0 Å². The maximum atomic E-state index is 13.4. The van der Waals surface area contributed by atoms with Crippen LogP contribution in [0.2, 0.25) is 0 Å². The fraction of sp³-hybridized carbons (Fsp3) is 0.0455. The number of carbonyl (C=O) groups is 2. The first-order chi connectivity index (χ1) is 14.9. The Kier molecular flexibility index (Phi) is 6.79. The van der Waals surface area contributed by atoms with Gasteiger partial charge in [-0.1, -0.05) is 18.2 Å². The quantitative estimate of drug-likeness (QED) is 0.344. The summed E-state index contributed by atoms with van der Waals surface area (Å²) in [7, 11) is 0. The number of hydrogen-bond donors (Lipinski definition) is 2. The van der Waals surface area contributed by atoms with Crippen molar-refractivity contribution >= 4 is 29.3 Å². The van der Waals surface area contributed by atoms with Crippen LogP contribution in [0, 0.1) is 15.9 Å². The molecule has 3 aromatic rings. The molecule has 0 radical (unpaired) electrons. The Balaban J connectivity index is 1.58. The minimum atomic E-state index is -0.705. The van der Waals surface area contributed by atoms with E-state index in [2.05, 4.69) is 15.6 Å². The topological polar surface area (TPSA) is 114 Å². The van der Waals surface area contributed by atoms with Gasteiger partial charge >= 0.3 is 0 Å². The molecule has 0 unspecified atom stereocenters. The molecule has 0 saturated carbocycles. The molecule has 3 rings (SSSR count). The van der Waals surface area contributed by atoms with Crippen molar-refractivity contribution in [2.45, 2.75) is 6.54 Å². The molecule has 0 atom stereocenters. The van der Waals surface area contributed by atoms with Crippen molar-refractivity contribution in [2.75, 3.05) is 5.32 Å². The monoisotopic (exact) mass is 420 g/mol. The lowest BCUT2D eigenvalue weighted by Crippen LogP contribution is -2.20. The molecule has 0 bridgehead atoms. The highest BCUT2D eigenvalue weighted by Gasteiger charge is 2.17. The zero-order chi connectivity index (χ0) is 22.2. The third-order valence-corrected chi connectivity index (χ3v) is 4.18. The largest absolute Gasteiger partial charge is 0.348 e. The first-order valence-electron chi connectivity index (χ1n) is 9.13. The molecular weight excluding hydrogens is 403 g/mol. The molecule has 0 aliphatic heterocycles. The maximum Gasteiger partial charge on any atom is 0.292 e. The van der Waals surface area contributed by atoms with Crippen molar-refractivity contribution in [3.05, 3.63) is 106 Å². The number of rotatable bonds is 7. The van der Waals surface area contributed by atoms with E-state index in [1.807, 2.05) is 6.07 Å². The average Bonchev–Trinajstić information content (AvgIpc) is 2.77. The van der Waals surface area contributed by atoms with Crippen LogP contribution in [0.1, 0.15) is 21.6 Å². The number of carbonyl (C=O) groups excluding carboxylic acids is 2. The Morgan fingerprint density at radius 1 is 1.10 bits per heavy atom. The number of aromatic nitrogens is 1. The number of amides is 2. The second-order valence-corrected chi connectivity index (χ2v) is 6.38. The number of nitrogens with zero attached hydrogens (tertiary/aromatic N) is 2. The van der Waals surface area contributed by atoms with Gasteiger partial charge in [-0.05, 0) is 42.0 Å². The summed E-state index contributed by atoms with van der Waals surface area (Å²) >= 11 is 0. The van der Waals surface area contributed by atoms with Gasteiger partial charge in [-0.25, -0.2) is 4.39 Å². The minimum absolute atomic E-state index is 0.226. The van der Waals surface area contributed by atoms with Gasteiger partial charge in [0.2, 0.25) is 5.91 Å². The van der Waals surface area contributed by atoms with Crippen molar-refractivity contribution in [1.82, 2.24) is 10.3 Å². The number of halogens is 1. The summed E-state index contributed by atoms with van der Waals surface area (Å²) in [5.74, 6) is -1.63. The molecule has 2 amide bonds. The van der Waals surface area contributed by atoms with Crippen LogP contribution >= 0.6 is 0 Å². The lowest BCUT2D eigenvalue weighted by Gasteiger charge is -2.07. The Morgan fingerprint density at radius 2 is 1.87 bits per heavy atom. The standard InChI is InChI=1S/C22H17FN4O4/c23-17-8-10-20(27(30)31)19(13-17)26-22(29)16-6-4-15(5-7-16)14-25-21(28)11-9-18-3-1-2-12-24-18/h1-13H,14H2,(H,25,28)(H,26,29)/b11-9+. The maximum absolute atomic E-state index is 13.4. The molecule has 0 spiro atoms. The minimum Gasteiger partial charge on any atom is -0.348 e. The van der Waals surface area contributed by atoms with Gasteiger partial charge in [0.25, 0.3) is 11.6 Å². The lowest BCUT2D eigenvalue weighted by molar-refractivity contribution is -0.384. The predicted molar refractivity (Wildman–Crippen MR) is 113 cm³/mol. The van der Waals surface area contributed by atoms with E-state index in [1.54, 1.807) is 36.5 Å². The van der Waals surface area contributed by atoms with Crippen LogP contribution in [0.25, 0.3) is 6.08 Å². The Hall–Kier alpha value is -4.40. The normalized spacial score (nSPS) is 10.6. The SMILES string of the molecule is O=C(/C=C/c1ccccn1)NCc1ccc(C(=O)Nc2cc(F)ccc2[N+](=O)[O-])cc1. The fourth-order valence-corrected chi connectivity index (χ4v) is 2.62. The molecule has 1 heterocycles. The fourth-order valence-electron chi connectivity index (χ4n) is 2.62. The van der Waals surface area contributed by atoms with Crippen molar-refractivity contribution in [3.8, 4) is 0 Å². The number of nitrogens with one attached hydrogen (secondary N) is 2. The number of nitro benzene ring substituents is 1. The number of anilines is 1. The van der Waals surface area contributed by atoms with Gasteiger partial charge in [0, 0.05) is 36.5 Å². The molecule has 0 aliphatic carbocycles. The van der Waals surface area contributed by atoms with E-state index in [-0.39, 0.29) is 23.7 Å². The predicted octanol–water partition coefficient (Wildman–Crippen LogP) is 3.71. The molecular formula is C22H17FN4O4. The van der Waals surface area contributed by atoms with E-state index < -0.39 is 22.3 Å². The van der Waals surface area contributed by atoms with E-state index in [9.17, 15) is 24.1 Å². The number of benzene rings is 2. The number of hydrogen-bond acceptors (Lipinski definition) is 5. The van der Waals surface area contributed by atoms with Crippen LogP contribution < -0.4 is 10.6 Å². The van der Waals surface area contributed by atoms with Gasteiger partial charge in [0.1, 0.15) is 11.5 Å². The second kappa shape index (κ2) is 9.88. The highest BCUT2D eigenvalue weighted by atomic mass is 19.1. The van der Waals surface area contributed by atoms with Gasteiger partial charge in [-0.2, -0.15) is 0 Å². The summed E-state index contributed by atoms with van der Waals surface area (Å²) in [5.41, 5.74) is 0.988. The average molecular weight is 420 g/mol. The van der Waals surface area contributed by atoms with Crippen LogP contribution in [-0.4, -0.2) is 21.7 Å². The van der Waals surface area contributed by atoms with E-state index in [0.717, 1.165) is 23.8 Å². The summed E-state index contributed by atoms with van der Waals surface area (Å²) in [5, 5.41) is 16.1. The summed E-state index contributed by atoms with van der Waals surface area (Å²) in [4.78, 5) is 38.7. The van der Waals surface area contributed by atoms with Gasteiger partial charge in [0.05, 0.1) is 10.6 Å². The Labute approximate surface area is 176 Å². The van der Waals surface area contributed by atoms with E-state index >= 15 is 0 Å². The van der Waals surface area contributed by atoms with Gasteiger partial charge in [-0.3, -0.25) is 24.7 Å². The third kappa shape index (κ3) is 6.04. The van der Waals surface area contributed by atoms with Crippen LogP contribution in [0.15, 0.2) is 72.9 Å². The summed E-state index contributed by atoms with van der Waals surface area (Å²) in [6.45, 7) is 0.239. The van der Waals surface area contributed by atoms with Crippen molar-refractivity contribution in [3.63, 3.8) is 0 Å². The molecule has 0 fully saturated rings. The molecule has 0 saturated heterocycles. The molecule has 2 aromatic carbocycles. The zero-order valence-electron chi connectivity index (χ0n) is 16.1. The van der Waals surface area contributed by atoms with Crippen LogP contribution in [0.5, 0.6) is 0 Å². The molecule has 0 aliphatic rings. The molecule has 8 nitrogen and oxygen atoms in total. The molecule has 1 aromatic heterocycles. The van der Waals surface area contributed by atoms with E-state index in [4.69, 9.17) is 0 Å². The Morgan fingerprint density at radius 3 is 2.55 bits per heavy atom.